The molecule has 0 unspecified atom stereocenters. The molecule has 1 aromatic rings. The van der Waals surface area contributed by atoms with Gasteiger partial charge in [0, 0.05) is 18.3 Å². The molecule has 98 valence electrons. The van der Waals surface area contributed by atoms with Crippen LogP contribution in [0.25, 0.3) is 0 Å². The SMILES string of the molecule is COc1ncccc1CNC(=O)COCC(=O)O. The molecule has 0 aromatic carbocycles. The predicted molar refractivity (Wildman–Crippen MR) is 61.1 cm³/mol. The van der Waals surface area contributed by atoms with E-state index in [0.29, 0.717) is 5.88 Å². The van der Waals surface area contributed by atoms with E-state index in [1.54, 1.807) is 18.3 Å². The number of aromatic nitrogens is 1. The number of hydrogen-bond donors (Lipinski definition) is 2. The zero-order valence-electron chi connectivity index (χ0n) is 9.88. The van der Waals surface area contributed by atoms with Crippen molar-refractivity contribution < 1.29 is 24.2 Å². The van der Waals surface area contributed by atoms with E-state index in [1.807, 2.05) is 0 Å². The molecule has 1 heterocycles. The molecule has 0 aliphatic heterocycles. The molecule has 0 atom stereocenters. The van der Waals surface area contributed by atoms with Gasteiger partial charge < -0.3 is 19.9 Å². The maximum Gasteiger partial charge on any atom is 0.329 e. The third-order valence-corrected chi connectivity index (χ3v) is 1.98. The fraction of sp³-hybridized carbons (Fsp3) is 0.364. The number of carbonyl (C=O) groups is 2. The topological polar surface area (TPSA) is 97.8 Å². The number of hydrogen-bond acceptors (Lipinski definition) is 5. The average Bonchev–Trinajstić information content (AvgIpc) is 2.36. The van der Waals surface area contributed by atoms with Gasteiger partial charge in [0.05, 0.1) is 7.11 Å². The highest BCUT2D eigenvalue weighted by atomic mass is 16.5. The molecule has 18 heavy (non-hydrogen) atoms. The van der Waals surface area contributed by atoms with Crippen LogP contribution in [0.4, 0.5) is 0 Å². The van der Waals surface area contributed by atoms with Crippen molar-refractivity contribution >= 4 is 11.9 Å². The Balaban J connectivity index is 2.35. The Hall–Kier alpha value is -2.15. The summed E-state index contributed by atoms with van der Waals surface area (Å²) in [6, 6.07) is 3.50. The summed E-state index contributed by atoms with van der Waals surface area (Å²) in [7, 11) is 1.49. The summed E-state index contributed by atoms with van der Waals surface area (Å²) in [5, 5.41) is 10.9. The molecule has 7 heteroatoms. The van der Waals surface area contributed by atoms with Crippen molar-refractivity contribution in [3.63, 3.8) is 0 Å². The molecule has 0 radical (unpaired) electrons. The number of methoxy groups -OCH3 is 1. The Labute approximate surface area is 104 Å². The molecule has 1 aromatic heterocycles. The molecule has 0 aliphatic rings. The van der Waals surface area contributed by atoms with Crippen LogP contribution in [0.5, 0.6) is 5.88 Å². The van der Waals surface area contributed by atoms with E-state index in [1.165, 1.54) is 7.11 Å². The Morgan fingerprint density at radius 2 is 2.22 bits per heavy atom. The van der Waals surface area contributed by atoms with Crippen LogP contribution in [0.1, 0.15) is 5.56 Å². The number of carboxylic acid groups (broad SMARTS) is 1. The fourth-order valence-electron chi connectivity index (χ4n) is 1.22. The maximum atomic E-state index is 11.3. The summed E-state index contributed by atoms with van der Waals surface area (Å²) in [5.41, 5.74) is 0.728. The van der Waals surface area contributed by atoms with E-state index in [9.17, 15) is 9.59 Å². The van der Waals surface area contributed by atoms with Crippen LogP contribution in [0.2, 0.25) is 0 Å². The number of amides is 1. The van der Waals surface area contributed by atoms with E-state index < -0.39 is 18.5 Å². The second-order valence-electron chi connectivity index (χ2n) is 3.34. The highest BCUT2D eigenvalue weighted by Gasteiger charge is 2.06. The van der Waals surface area contributed by atoms with Crippen LogP contribution in [-0.4, -0.2) is 42.3 Å². The largest absolute Gasteiger partial charge is 0.481 e. The van der Waals surface area contributed by atoms with E-state index in [4.69, 9.17) is 9.84 Å². The summed E-state index contributed by atoms with van der Waals surface area (Å²) >= 11 is 0. The second kappa shape index (κ2) is 7.23. The van der Waals surface area contributed by atoms with Crippen molar-refractivity contribution in [1.82, 2.24) is 10.3 Å². The highest BCUT2D eigenvalue weighted by molar-refractivity contribution is 5.77. The van der Waals surface area contributed by atoms with Gasteiger partial charge in [0.15, 0.2) is 0 Å². The van der Waals surface area contributed by atoms with E-state index in [-0.39, 0.29) is 13.2 Å². The lowest BCUT2D eigenvalue weighted by atomic mass is 10.2. The first-order valence-corrected chi connectivity index (χ1v) is 5.17. The van der Waals surface area contributed by atoms with Crippen LogP contribution >= 0.6 is 0 Å². The van der Waals surface area contributed by atoms with E-state index in [2.05, 4.69) is 15.0 Å². The quantitative estimate of drug-likeness (QED) is 0.699. The van der Waals surface area contributed by atoms with Crippen molar-refractivity contribution in [2.45, 2.75) is 6.54 Å². The van der Waals surface area contributed by atoms with Crippen LogP contribution in [0.3, 0.4) is 0 Å². The van der Waals surface area contributed by atoms with Crippen molar-refractivity contribution in [3.8, 4) is 5.88 Å². The lowest BCUT2D eigenvalue weighted by molar-refractivity contribution is -0.143. The number of nitrogens with zero attached hydrogens (tertiary/aromatic N) is 1. The molecule has 1 amide bonds. The smallest absolute Gasteiger partial charge is 0.329 e. The average molecular weight is 254 g/mol. The molecule has 0 fully saturated rings. The third-order valence-electron chi connectivity index (χ3n) is 1.98. The van der Waals surface area contributed by atoms with Gasteiger partial charge in [0.2, 0.25) is 11.8 Å². The van der Waals surface area contributed by atoms with Crippen LogP contribution in [-0.2, 0) is 20.9 Å². The number of rotatable bonds is 7. The number of pyridine rings is 1. The van der Waals surface area contributed by atoms with E-state index in [0.717, 1.165) is 5.56 Å². The van der Waals surface area contributed by atoms with Crippen LogP contribution < -0.4 is 10.1 Å². The molecular weight excluding hydrogens is 240 g/mol. The lowest BCUT2D eigenvalue weighted by Gasteiger charge is -2.08. The third kappa shape index (κ3) is 4.79. The summed E-state index contributed by atoms with van der Waals surface area (Å²) in [6.45, 7) is -0.551. The van der Waals surface area contributed by atoms with Gasteiger partial charge in [-0.05, 0) is 6.07 Å². The van der Waals surface area contributed by atoms with Gasteiger partial charge in [-0.1, -0.05) is 6.07 Å². The van der Waals surface area contributed by atoms with Gasteiger partial charge in [0.1, 0.15) is 13.2 Å². The predicted octanol–water partition coefficient (Wildman–Crippen LogP) is -0.192. The van der Waals surface area contributed by atoms with Gasteiger partial charge >= 0.3 is 5.97 Å². The summed E-state index contributed by atoms with van der Waals surface area (Å²) in [5.74, 6) is -1.08. The normalized spacial score (nSPS) is 9.83. The van der Waals surface area contributed by atoms with Crippen molar-refractivity contribution in [1.29, 1.82) is 0 Å². The minimum Gasteiger partial charge on any atom is -0.481 e. The van der Waals surface area contributed by atoms with Crippen molar-refractivity contribution in [3.05, 3.63) is 23.9 Å². The molecule has 0 saturated carbocycles. The number of carbonyl (C=O) groups excluding carboxylic acids is 1. The molecule has 1 rings (SSSR count). The summed E-state index contributed by atoms with van der Waals surface area (Å²) < 4.78 is 9.66. The Bertz CT molecular complexity index is 422. The zero-order valence-corrected chi connectivity index (χ0v) is 9.88. The van der Waals surface area contributed by atoms with Gasteiger partial charge in [-0.25, -0.2) is 9.78 Å². The van der Waals surface area contributed by atoms with Crippen molar-refractivity contribution in [2.24, 2.45) is 0 Å². The minimum absolute atomic E-state index is 0.242. The first-order chi connectivity index (χ1) is 8.63. The minimum atomic E-state index is -1.11. The number of aliphatic carboxylic acids is 1. The molecule has 0 aliphatic carbocycles. The van der Waals surface area contributed by atoms with Gasteiger partial charge in [-0.15, -0.1) is 0 Å². The lowest BCUT2D eigenvalue weighted by Crippen LogP contribution is -2.28. The van der Waals surface area contributed by atoms with Gasteiger partial charge in [-0.2, -0.15) is 0 Å². The number of ether oxygens (including phenoxy) is 2. The number of nitrogens with one attached hydrogen (secondary N) is 1. The molecule has 0 bridgehead atoms. The Morgan fingerprint density at radius 1 is 1.44 bits per heavy atom. The molecule has 2 N–H and O–H groups in total. The van der Waals surface area contributed by atoms with E-state index >= 15 is 0 Å². The monoisotopic (exact) mass is 254 g/mol. The standard InChI is InChI=1S/C11H14N2O5/c1-17-11-8(3-2-4-12-11)5-13-9(14)6-18-7-10(15)16/h2-4H,5-7H2,1H3,(H,13,14)(H,15,16). The highest BCUT2D eigenvalue weighted by Crippen LogP contribution is 2.12. The number of carboxylic acids is 1. The fourth-order valence-corrected chi connectivity index (χ4v) is 1.22. The Kier molecular flexibility index (Phi) is 5.59. The first kappa shape index (κ1) is 13.9. The van der Waals surface area contributed by atoms with Crippen LogP contribution in [0.15, 0.2) is 18.3 Å². The summed E-state index contributed by atoms with van der Waals surface area (Å²) in [6.07, 6.45) is 1.58. The molecule has 7 nitrogen and oxygen atoms in total. The summed E-state index contributed by atoms with van der Waals surface area (Å²) in [4.78, 5) is 25.4. The van der Waals surface area contributed by atoms with Gasteiger partial charge in [0.25, 0.3) is 0 Å². The molecule has 0 saturated heterocycles. The molecular formula is C11H14N2O5. The second-order valence-corrected chi connectivity index (χ2v) is 3.34. The molecule has 0 spiro atoms. The van der Waals surface area contributed by atoms with Crippen LogP contribution in [0, 0.1) is 0 Å². The van der Waals surface area contributed by atoms with Gasteiger partial charge in [-0.3, -0.25) is 4.79 Å². The maximum absolute atomic E-state index is 11.3. The first-order valence-electron chi connectivity index (χ1n) is 5.17. The Morgan fingerprint density at radius 3 is 2.89 bits per heavy atom. The van der Waals surface area contributed by atoms with Crippen molar-refractivity contribution in [2.75, 3.05) is 20.3 Å². The zero-order chi connectivity index (χ0) is 13.4.